The number of fused-ring (bicyclic) bond motifs is 6. The molecule has 0 spiro atoms. The molecule has 6 heteroatoms. The summed E-state index contributed by atoms with van der Waals surface area (Å²) < 4.78 is 28.8. The highest BCUT2D eigenvalue weighted by Gasteiger charge is 2.23. The van der Waals surface area contributed by atoms with Crippen LogP contribution in [0.25, 0.3) is 111 Å². The van der Waals surface area contributed by atoms with Gasteiger partial charge in [0.05, 0.1) is 33.8 Å². The van der Waals surface area contributed by atoms with Crippen LogP contribution in [-0.4, -0.2) is 19.9 Å². The van der Waals surface area contributed by atoms with Crippen LogP contribution in [0.5, 0.6) is 0 Å². The summed E-state index contributed by atoms with van der Waals surface area (Å²) in [7, 11) is 0. The van der Waals surface area contributed by atoms with Crippen molar-refractivity contribution in [3.05, 3.63) is 205 Å². The number of aromatic nitrogens is 4. The fourth-order valence-electron chi connectivity index (χ4n) is 8.98. The molecule has 4 nitrogen and oxygen atoms in total. The topological polar surface area (TPSA) is 51.6 Å². The van der Waals surface area contributed by atoms with E-state index in [4.69, 9.17) is 19.9 Å². The van der Waals surface area contributed by atoms with Crippen molar-refractivity contribution >= 4 is 43.4 Å². The molecule has 0 amide bonds. The van der Waals surface area contributed by atoms with Crippen LogP contribution in [0.15, 0.2) is 182 Å². The van der Waals surface area contributed by atoms with Gasteiger partial charge in [-0.25, -0.2) is 28.7 Å². The fraction of sp³-hybridized carbons (Fsp3) is 0.0357. The number of halogens is 2. The summed E-state index contributed by atoms with van der Waals surface area (Å²) in [4.78, 5) is 20.8. The molecule has 0 radical (unpaired) electrons. The highest BCUT2D eigenvalue weighted by molar-refractivity contribution is 6.25. The lowest BCUT2D eigenvalue weighted by Gasteiger charge is -2.21. The van der Waals surface area contributed by atoms with E-state index >= 15 is 0 Å². The van der Waals surface area contributed by atoms with E-state index in [1.807, 2.05) is 66.7 Å². The first-order valence-corrected chi connectivity index (χ1v) is 20.6. The van der Waals surface area contributed by atoms with Gasteiger partial charge in [-0.05, 0) is 120 Å². The van der Waals surface area contributed by atoms with Gasteiger partial charge in [-0.2, -0.15) is 0 Å². The molecule has 0 saturated heterocycles. The predicted octanol–water partition coefficient (Wildman–Crippen LogP) is 14.8. The summed E-state index contributed by atoms with van der Waals surface area (Å²) in [5.74, 6) is 0.0193. The lowest BCUT2D eigenvalue weighted by molar-refractivity contribution is 0.627. The minimum atomic E-state index is -0.311. The molecule has 3 heterocycles. The highest BCUT2D eigenvalue weighted by Crippen LogP contribution is 2.46. The predicted molar refractivity (Wildman–Crippen MR) is 250 cm³/mol. The molecule has 11 aromatic rings. The maximum absolute atomic E-state index is 14.5. The monoisotopic (exact) mass is 802 g/mol. The smallest absolute Gasteiger partial charge is 0.160 e. The molecule has 0 bridgehead atoms. The number of aryl methyl sites for hydroxylation is 2. The zero-order valence-electron chi connectivity index (χ0n) is 33.9. The largest absolute Gasteiger partial charge is 0.247 e. The molecule has 294 valence electrons. The lowest BCUT2D eigenvalue weighted by Crippen LogP contribution is -1.99. The Labute approximate surface area is 356 Å². The quantitative estimate of drug-likeness (QED) is 0.124. The summed E-state index contributed by atoms with van der Waals surface area (Å²) in [6.07, 6.45) is 0. The fourth-order valence-corrected chi connectivity index (χ4v) is 8.98. The summed E-state index contributed by atoms with van der Waals surface area (Å²) >= 11 is 0. The van der Waals surface area contributed by atoms with E-state index in [0.29, 0.717) is 5.82 Å². The molecule has 0 saturated carbocycles. The Morgan fingerprint density at radius 2 is 0.774 bits per heavy atom. The van der Waals surface area contributed by atoms with Crippen LogP contribution in [0.4, 0.5) is 8.78 Å². The number of para-hydroxylation sites is 1. The summed E-state index contributed by atoms with van der Waals surface area (Å²) in [5.41, 5.74) is 13.5. The summed E-state index contributed by atoms with van der Waals surface area (Å²) in [5, 5.41) is 6.10. The van der Waals surface area contributed by atoms with Gasteiger partial charge in [0, 0.05) is 49.4 Å². The maximum Gasteiger partial charge on any atom is 0.160 e. The van der Waals surface area contributed by atoms with Crippen molar-refractivity contribution in [3.63, 3.8) is 0 Å². The molecule has 0 fully saturated rings. The van der Waals surface area contributed by atoms with E-state index in [0.717, 1.165) is 116 Å². The Morgan fingerprint density at radius 3 is 1.35 bits per heavy atom. The Hall–Kier alpha value is -7.96. The Morgan fingerprint density at radius 1 is 0.323 bits per heavy atom. The van der Waals surface area contributed by atoms with Crippen molar-refractivity contribution in [2.75, 3.05) is 0 Å². The molecule has 0 atom stereocenters. The number of pyridine rings is 2. The Bertz CT molecular complexity index is 3480. The highest BCUT2D eigenvalue weighted by atomic mass is 19.1. The van der Waals surface area contributed by atoms with Crippen LogP contribution in [-0.2, 0) is 0 Å². The minimum Gasteiger partial charge on any atom is -0.247 e. The first-order valence-electron chi connectivity index (χ1n) is 20.6. The number of rotatable bonds is 6. The van der Waals surface area contributed by atoms with Crippen LogP contribution in [0.1, 0.15) is 11.1 Å². The molecule has 0 aliphatic carbocycles. The third-order valence-corrected chi connectivity index (χ3v) is 11.9. The van der Waals surface area contributed by atoms with Gasteiger partial charge in [0.25, 0.3) is 0 Å². The molecular weight excluding hydrogens is 767 g/mol. The van der Waals surface area contributed by atoms with Gasteiger partial charge in [0.1, 0.15) is 11.6 Å². The lowest BCUT2D eigenvalue weighted by atomic mass is 9.85. The zero-order valence-corrected chi connectivity index (χ0v) is 33.9. The van der Waals surface area contributed by atoms with E-state index in [1.54, 1.807) is 24.3 Å². The van der Waals surface area contributed by atoms with Gasteiger partial charge >= 0.3 is 0 Å². The second-order valence-electron chi connectivity index (χ2n) is 15.7. The normalized spacial score (nSPS) is 11.5. The Balaban J connectivity index is 1.15. The van der Waals surface area contributed by atoms with Crippen LogP contribution in [0, 0.1) is 25.5 Å². The Kier molecular flexibility index (Phi) is 8.94. The molecule has 8 aromatic carbocycles. The van der Waals surface area contributed by atoms with Gasteiger partial charge in [-0.3, -0.25) is 0 Å². The van der Waals surface area contributed by atoms with E-state index in [-0.39, 0.29) is 11.6 Å². The SMILES string of the molecule is Cc1c2c(-c3ccc(F)cc3)nc3cc(-c4cccc(-c5nc(-c6ccccc6)cc(-c6ccccc6)n5)c4)ccc3c2c(C)c2c(-c3ccc(F)cc3)nc3ccccc3c12. The van der Waals surface area contributed by atoms with Gasteiger partial charge in [0.2, 0.25) is 0 Å². The molecule has 0 unspecified atom stereocenters. The number of benzene rings is 8. The van der Waals surface area contributed by atoms with Crippen LogP contribution < -0.4 is 0 Å². The first-order chi connectivity index (χ1) is 30.4. The number of hydrogen-bond acceptors (Lipinski definition) is 4. The molecule has 0 N–H and O–H groups in total. The second-order valence-corrected chi connectivity index (χ2v) is 15.7. The van der Waals surface area contributed by atoms with Crippen molar-refractivity contribution < 1.29 is 8.78 Å². The molecular formula is C56H36F2N4. The summed E-state index contributed by atoms with van der Waals surface area (Å²) in [6.45, 7) is 4.29. The molecule has 11 rings (SSSR count). The second kappa shape index (κ2) is 14.9. The zero-order chi connectivity index (χ0) is 41.9. The van der Waals surface area contributed by atoms with Crippen molar-refractivity contribution in [2.24, 2.45) is 0 Å². The van der Waals surface area contributed by atoms with E-state index in [9.17, 15) is 8.78 Å². The van der Waals surface area contributed by atoms with Gasteiger partial charge in [0.15, 0.2) is 5.82 Å². The van der Waals surface area contributed by atoms with Crippen LogP contribution >= 0.6 is 0 Å². The average molecular weight is 803 g/mol. The standard InChI is InChI=1S/C56H36F2N4/c1-33-50-44-18-9-10-19-46(44)59-54(37-20-25-42(57)26-21-37)52(50)34(2)51-45-29-24-40(31-49(45)60-55(53(33)51)38-22-27-43(58)28-23-38)39-16-11-17-41(30-39)56-61-47(35-12-5-3-6-13-35)32-48(62-56)36-14-7-4-8-15-36/h3-32H,1-2H3. The van der Waals surface area contributed by atoms with E-state index in [2.05, 4.69) is 80.6 Å². The van der Waals surface area contributed by atoms with Crippen molar-refractivity contribution in [2.45, 2.75) is 13.8 Å². The van der Waals surface area contributed by atoms with Crippen molar-refractivity contribution in [1.29, 1.82) is 0 Å². The number of nitrogens with zero attached hydrogens (tertiary/aromatic N) is 4. The third kappa shape index (κ3) is 6.36. The molecule has 0 aliphatic heterocycles. The van der Waals surface area contributed by atoms with Crippen LogP contribution in [0.2, 0.25) is 0 Å². The van der Waals surface area contributed by atoms with Gasteiger partial charge in [-0.1, -0.05) is 109 Å². The van der Waals surface area contributed by atoms with E-state index < -0.39 is 0 Å². The third-order valence-electron chi connectivity index (χ3n) is 11.9. The van der Waals surface area contributed by atoms with Gasteiger partial charge < -0.3 is 0 Å². The minimum absolute atomic E-state index is 0.301. The van der Waals surface area contributed by atoms with E-state index in [1.165, 1.54) is 24.3 Å². The molecule has 3 aromatic heterocycles. The maximum atomic E-state index is 14.5. The average Bonchev–Trinajstić information content (AvgIpc) is 3.33. The number of hydrogen-bond donors (Lipinski definition) is 0. The van der Waals surface area contributed by atoms with Crippen molar-refractivity contribution in [1.82, 2.24) is 19.9 Å². The first kappa shape index (κ1) is 37.1. The molecule has 0 aliphatic rings. The molecule has 62 heavy (non-hydrogen) atoms. The van der Waals surface area contributed by atoms with Crippen molar-refractivity contribution in [3.8, 4) is 67.5 Å². The van der Waals surface area contributed by atoms with Crippen LogP contribution in [0.3, 0.4) is 0 Å². The summed E-state index contributed by atoms with van der Waals surface area (Å²) in [6, 6.07) is 58.5. The van der Waals surface area contributed by atoms with Gasteiger partial charge in [-0.15, -0.1) is 0 Å².